The summed E-state index contributed by atoms with van der Waals surface area (Å²) in [5.74, 6) is 0.637. The van der Waals surface area contributed by atoms with Gasteiger partial charge in [0.2, 0.25) is 0 Å². The normalized spacial score (nSPS) is 12.3. The van der Waals surface area contributed by atoms with Gasteiger partial charge in [-0.3, -0.25) is 0 Å². The number of aryl methyl sites for hydroxylation is 1. The topological polar surface area (TPSA) is 16.6 Å². The molecule has 0 heterocycles. The van der Waals surface area contributed by atoms with Crippen molar-refractivity contribution in [3.8, 4) is 0 Å². The van der Waals surface area contributed by atoms with Gasteiger partial charge >= 0.3 is 0 Å². The molecule has 1 atom stereocenters. The first-order chi connectivity index (χ1) is 9.36. The molecule has 0 radical (unpaired) electrons. The van der Waals surface area contributed by atoms with E-state index in [0.29, 0.717) is 5.92 Å². The fourth-order valence-electron chi connectivity index (χ4n) is 2.38. The average Bonchev–Trinajstić information content (AvgIpc) is 2.49. The smallest absolute Gasteiger partial charge is 0.0822 e. The summed E-state index contributed by atoms with van der Waals surface area (Å²) < 4.78 is 0. The fraction of sp³-hybridized carbons (Fsp3) is 0.333. The molecule has 2 N–H and O–H groups in total. The van der Waals surface area contributed by atoms with Gasteiger partial charge < -0.3 is 5.32 Å². The monoisotopic (exact) mass is 254 g/mol. The van der Waals surface area contributed by atoms with E-state index in [9.17, 15) is 0 Å². The van der Waals surface area contributed by atoms with Crippen molar-refractivity contribution in [1.82, 2.24) is 0 Å². The van der Waals surface area contributed by atoms with Crippen molar-refractivity contribution in [1.29, 1.82) is 0 Å². The predicted octanol–water partition coefficient (Wildman–Crippen LogP) is 2.99. The van der Waals surface area contributed by atoms with Gasteiger partial charge in [0.1, 0.15) is 0 Å². The molecule has 19 heavy (non-hydrogen) atoms. The Hall–Kier alpha value is -1.60. The second-order valence-corrected chi connectivity index (χ2v) is 5.21. The van der Waals surface area contributed by atoms with Crippen LogP contribution in [0.3, 0.4) is 0 Å². The van der Waals surface area contributed by atoms with Gasteiger partial charge in [-0.05, 0) is 17.5 Å². The van der Waals surface area contributed by atoms with Crippen LogP contribution in [0, 0.1) is 0 Å². The Labute approximate surface area is 116 Å². The lowest BCUT2D eigenvalue weighted by Crippen LogP contribution is -2.85. The molecule has 0 aliphatic rings. The largest absolute Gasteiger partial charge is 0.346 e. The van der Waals surface area contributed by atoms with Crippen LogP contribution >= 0.6 is 0 Å². The summed E-state index contributed by atoms with van der Waals surface area (Å²) >= 11 is 0. The van der Waals surface area contributed by atoms with Gasteiger partial charge in [-0.15, -0.1) is 0 Å². The zero-order valence-corrected chi connectivity index (χ0v) is 11.8. The summed E-state index contributed by atoms with van der Waals surface area (Å²) in [6, 6.07) is 21.5. The third-order valence-electron chi connectivity index (χ3n) is 3.61. The molecule has 0 spiro atoms. The minimum absolute atomic E-state index is 0.637. The molecule has 0 aromatic heterocycles. The number of hydrogen-bond donors (Lipinski definition) is 1. The van der Waals surface area contributed by atoms with Crippen molar-refractivity contribution in [3.05, 3.63) is 71.8 Å². The van der Waals surface area contributed by atoms with Crippen LogP contribution in [0.25, 0.3) is 0 Å². The van der Waals surface area contributed by atoms with E-state index < -0.39 is 0 Å². The van der Waals surface area contributed by atoms with Crippen molar-refractivity contribution in [3.63, 3.8) is 0 Å². The fourth-order valence-corrected chi connectivity index (χ4v) is 2.38. The Balaban J connectivity index is 1.62. The van der Waals surface area contributed by atoms with Crippen LogP contribution in [0.15, 0.2) is 60.7 Å². The molecule has 0 aliphatic carbocycles. The van der Waals surface area contributed by atoms with Crippen molar-refractivity contribution < 1.29 is 5.32 Å². The third-order valence-corrected chi connectivity index (χ3v) is 3.61. The van der Waals surface area contributed by atoms with E-state index >= 15 is 0 Å². The zero-order chi connectivity index (χ0) is 13.3. The van der Waals surface area contributed by atoms with Crippen LogP contribution in [0.2, 0.25) is 0 Å². The molecular formula is C18H24N+. The van der Waals surface area contributed by atoms with E-state index in [2.05, 4.69) is 72.9 Å². The number of hydrogen-bond acceptors (Lipinski definition) is 0. The highest BCUT2D eigenvalue weighted by molar-refractivity contribution is 5.18. The Kier molecular flexibility index (Phi) is 5.64. The van der Waals surface area contributed by atoms with Crippen molar-refractivity contribution >= 4 is 0 Å². The van der Waals surface area contributed by atoms with Crippen LogP contribution in [-0.2, 0) is 6.42 Å². The van der Waals surface area contributed by atoms with Crippen molar-refractivity contribution in [2.75, 3.05) is 13.1 Å². The summed E-state index contributed by atoms with van der Waals surface area (Å²) in [6.45, 7) is 4.70. The Morgan fingerprint density at radius 3 is 2.21 bits per heavy atom. The summed E-state index contributed by atoms with van der Waals surface area (Å²) in [5.41, 5.74) is 2.90. The van der Waals surface area contributed by atoms with Gasteiger partial charge in [-0.25, -0.2) is 0 Å². The first-order valence-corrected chi connectivity index (χ1v) is 7.27. The highest BCUT2D eigenvalue weighted by Crippen LogP contribution is 2.11. The molecule has 0 aliphatic heterocycles. The first kappa shape index (κ1) is 13.8. The number of rotatable bonds is 7. The molecule has 100 valence electrons. The molecule has 0 saturated carbocycles. The van der Waals surface area contributed by atoms with Crippen LogP contribution in [0.5, 0.6) is 0 Å². The van der Waals surface area contributed by atoms with E-state index in [4.69, 9.17) is 0 Å². The number of benzene rings is 2. The van der Waals surface area contributed by atoms with Crippen LogP contribution in [-0.4, -0.2) is 13.1 Å². The van der Waals surface area contributed by atoms with E-state index in [1.54, 1.807) is 0 Å². The standard InChI is InChI=1S/C18H23N/c1-16(18-12-6-3-7-13-18)15-19-14-8-11-17-9-4-2-5-10-17/h2-7,9-10,12-13,16,19H,8,11,14-15H2,1H3/p+1. The highest BCUT2D eigenvalue weighted by Gasteiger charge is 2.06. The maximum atomic E-state index is 2.45. The quantitative estimate of drug-likeness (QED) is 0.732. The number of nitrogens with two attached hydrogens (primary N) is 1. The van der Waals surface area contributed by atoms with Crippen molar-refractivity contribution in [2.24, 2.45) is 0 Å². The Bertz CT molecular complexity index is 450. The first-order valence-electron chi connectivity index (χ1n) is 7.27. The molecule has 2 rings (SSSR count). The third kappa shape index (κ3) is 4.88. The van der Waals surface area contributed by atoms with Gasteiger partial charge in [0.25, 0.3) is 0 Å². The molecule has 0 fully saturated rings. The molecule has 2 aromatic rings. The van der Waals surface area contributed by atoms with Gasteiger partial charge in [0.05, 0.1) is 13.1 Å². The predicted molar refractivity (Wildman–Crippen MR) is 81.3 cm³/mol. The van der Waals surface area contributed by atoms with E-state index in [-0.39, 0.29) is 0 Å². The molecule has 1 nitrogen and oxygen atoms in total. The summed E-state index contributed by atoms with van der Waals surface area (Å²) in [4.78, 5) is 0. The van der Waals surface area contributed by atoms with E-state index in [0.717, 1.165) is 0 Å². The van der Waals surface area contributed by atoms with Gasteiger partial charge in [-0.1, -0.05) is 67.6 Å². The molecule has 0 amide bonds. The second kappa shape index (κ2) is 7.75. The average molecular weight is 254 g/mol. The summed E-state index contributed by atoms with van der Waals surface area (Å²) in [7, 11) is 0. The maximum Gasteiger partial charge on any atom is 0.0822 e. The summed E-state index contributed by atoms with van der Waals surface area (Å²) in [6.07, 6.45) is 2.45. The molecule has 1 unspecified atom stereocenters. The molecule has 1 heteroatoms. The summed E-state index contributed by atoms with van der Waals surface area (Å²) in [5, 5.41) is 2.45. The van der Waals surface area contributed by atoms with Gasteiger partial charge in [0.15, 0.2) is 0 Å². The van der Waals surface area contributed by atoms with E-state index in [1.807, 2.05) is 0 Å². The lowest BCUT2D eigenvalue weighted by Gasteiger charge is -2.10. The van der Waals surface area contributed by atoms with Crippen LogP contribution in [0.4, 0.5) is 0 Å². The molecular weight excluding hydrogens is 230 g/mol. The van der Waals surface area contributed by atoms with Crippen LogP contribution < -0.4 is 5.32 Å². The Morgan fingerprint density at radius 1 is 0.895 bits per heavy atom. The van der Waals surface area contributed by atoms with Gasteiger partial charge in [0, 0.05) is 12.3 Å². The second-order valence-electron chi connectivity index (χ2n) is 5.21. The van der Waals surface area contributed by atoms with E-state index in [1.165, 1.54) is 37.1 Å². The highest BCUT2D eigenvalue weighted by atomic mass is 14.8. The molecule has 2 aromatic carbocycles. The molecule has 0 saturated heterocycles. The van der Waals surface area contributed by atoms with Gasteiger partial charge in [-0.2, -0.15) is 0 Å². The Morgan fingerprint density at radius 2 is 1.53 bits per heavy atom. The lowest BCUT2D eigenvalue weighted by molar-refractivity contribution is -0.657. The maximum absolute atomic E-state index is 2.45. The number of quaternary nitrogens is 1. The van der Waals surface area contributed by atoms with Crippen molar-refractivity contribution in [2.45, 2.75) is 25.7 Å². The zero-order valence-electron chi connectivity index (χ0n) is 11.8. The SMILES string of the molecule is CC(C[NH2+]CCCc1ccccc1)c1ccccc1. The minimum Gasteiger partial charge on any atom is -0.346 e. The molecule has 0 bridgehead atoms. The lowest BCUT2D eigenvalue weighted by atomic mass is 10.0. The minimum atomic E-state index is 0.637. The van der Waals surface area contributed by atoms with Crippen LogP contribution in [0.1, 0.15) is 30.4 Å².